The Morgan fingerprint density at radius 3 is 2.72 bits per heavy atom. The smallest absolute Gasteiger partial charge is 0.154 e. The quantitative estimate of drug-likeness (QED) is 0.471. The van der Waals surface area contributed by atoms with Crippen molar-refractivity contribution >= 4 is 17.3 Å². The van der Waals surface area contributed by atoms with Gasteiger partial charge >= 0.3 is 0 Å². The van der Waals surface area contributed by atoms with E-state index in [1.54, 1.807) is 12.1 Å². The average Bonchev–Trinajstić information content (AvgIpc) is 3.43. The molecule has 2 aliphatic rings. The van der Waals surface area contributed by atoms with E-state index in [9.17, 15) is 4.39 Å². The molecule has 4 heterocycles. The Kier molecular flexibility index (Phi) is 4.74. The molecule has 1 aliphatic carbocycles. The summed E-state index contributed by atoms with van der Waals surface area (Å²) in [5.74, 6) is 1.56. The third-order valence-electron chi connectivity index (χ3n) is 6.60. The van der Waals surface area contributed by atoms with Crippen LogP contribution in [0.25, 0.3) is 17.0 Å². The fourth-order valence-corrected chi connectivity index (χ4v) is 4.71. The van der Waals surface area contributed by atoms with E-state index >= 15 is 0 Å². The van der Waals surface area contributed by atoms with Gasteiger partial charge in [-0.15, -0.1) is 5.10 Å². The number of nitrogens with one attached hydrogen (secondary N) is 1. The standard InChI is InChI=1S/C25H25FN6/c26-18-6-1-5-17(15-18)21-10-4-14-31(21)25-13-12-24-27-16-22(32(24)30-25)20-9-3-11-23(29-20)28-19-7-2-8-19/h1,3,5-6,9,11-13,15-16,19,21H,2,4,7-8,10,14H2,(H,28,29). The van der Waals surface area contributed by atoms with E-state index < -0.39 is 0 Å². The van der Waals surface area contributed by atoms with Gasteiger partial charge in [-0.2, -0.15) is 0 Å². The second kappa shape index (κ2) is 7.89. The van der Waals surface area contributed by atoms with Crippen LogP contribution in [0.5, 0.6) is 0 Å². The molecular formula is C25H25FN6. The number of hydrogen-bond acceptors (Lipinski definition) is 5. The first kappa shape index (κ1) is 19.2. The molecule has 162 valence electrons. The van der Waals surface area contributed by atoms with Crippen LogP contribution in [0.3, 0.4) is 0 Å². The van der Waals surface area contributed by atoms with Gasteiger partial charge in [-0.1, -0.05) is 18.2 Å². The number of hydrogen-bond donors (Lipinski definition) is 1. The molecule has 1 atom stereocenters. The molecule has 1 saturated heterocycles. The number of anilines is 2. The number of pyridine rings is 1. The fourth-order valence-electron chi connectivity index (χ4n) is 4.71. The predicted octanol–water partition coefficient (Wildman–Crippen LogP) is 5.24. The van der Waals surface area contributed by atoms with Gasteiger partial charge in [-0.05, 0) is 74.1 Å². The summed E-state index contributed by atoms with van der Waals surface area (Å²) in [5.41, 5.74) is 3.48. The van der Waals surface area contributed by atoms with Gasteiger partial charge < -0.3 is 10.2 Å². The molecule has 6 rings (SSSR count). The Bertz CT molecular complexity index is 1260. The van der Waals surface area contributed by atoms with Gasteiger partial charge in [0, 0.05) is 12.6 Å². The Labute approximate surface area is 186 Å². The van der Waals surface area contributed by atoms with Gasteiger partial charge in [-0.25, -0.2) is 18.9 Å². The normalized spacial score (nSPS) is 18.8. The van der Waals surface area contributed by atoms with Crippen LogP contribution in [0.4, 0.5) is 16.0 Å². The minimum Gasteiger partial charge on any atom is -0.367 e. The van der Waals surface area contributed by atoms with Crippen LogP contribution < -0.4 is 10.2 Å². The first-order valence-electron chi connectivity index (χ1n) is 11.4. The number of fused-ring (bicyclic) bond motifs is 1. The first-order chi connectivity index (χ1) is 15.7. The van der Waals surface area contributed by atoms with E-state index in [0.717, 1.165) is 53.6 Å². The van der Waals surface area contributed by atoms with Crippen LogP contribution in [0, 0.1) is 5.82 Å². The van der Waals surface area contributed by atoms with Crippen LogP contribution in [-0.2, 0) is 0 Å². The maximum Gasteiger partial charge on any atom is 0.154 e. The molecule has 0 spiro atoms. The molecule has 2 fully saturated rings. The van der Waals surface area contributed by atoms with E-state index in [-0.39, 0.29) is 11.9 Å². The van der Waals surface area contributed by atoms with E-state index in [4.69, 9.17) is 10.1 Å². The molecule has 1 aliphatic heterocycles. The van der Waals surface area contributed by atoms with Crippen LogP contribution in [-0.4, -0.2) is 32.2 Å². The molecule has 0 bridgehead atoms. The monoisotopic (exact) mass is 428 g/mol. The lowest BCUT2D eigenvalue weighted by molar-refractivity contribution is 0.444. The van der Waals surface area contributed by atoms with Crippen molar-refractivity contribution in [1.82, 2.24) is 19.6 Å². The van der Waals surface area contributed by atoms with Gasteiger partial charge in [0.05, 0.1) is 17.9 Å². The Hall–Kier alpha value is -3.48. The van der Waals surface area contributed by atoms with Crippen molar-refractivity contribution in [1.29, 1.82) is 0 Å². The number of nitrogens with zero attached hydrogens (tertiary/aromatic N) is 5. The minimum absolute atomic E-state index is 0.121. The summed E-state index contributed by atoms with van der Waals surface area (Å²) >= 11 is 0. The lowest BCUT2D eigenvalue weighted by Crippen LogP contribution is -2.27. The topological polar surface area (TPSA) is 58.4 Å². The van der Waals surface area contributed by atoms with Crippen LogP contribution >= 0.6 is 0 Å². The highest BCUT2D eigenvalue weighted by Crippen LogP contribution is 2.35. The number of benzene rings is 1. The zero-order chi connectivity index (χ0) is 21.5. The fraction of sp³-hybridized carbons (Fsp3) is 0.320. The Morgan fingerprint density at radius 2 is 1.88 bits per heavy atom. The molecular weight excluding hydrogens is 403 g/mol. The van der Waals surface area contributed by atoms with Crippen LogP contribution in [0.15, 0.2) is 60.8 Å². The summed E-state index contributed by atoms with van der Waals surface area (Å²) < 4.78 is 15.7. The minimum atomic E-state index is -0.198. The third-order valence-corrected chi connectivity index (χ3v) is 6.60. The summed E-state index contributed by atoms with van der Waals surface area (Å²) in [6.45, 7) is 0.892. The molecule has 1 aromatic carbocycles. The van der Waals surface area contributed by atoms with Gasteiger partial charge in [0.1, 0.15) is 23.1 Å². The van der Waals surface area contributed by atoms with Crippen LogP contribution in [0.2, 0.25) is 0 Å². The first-order valence-corrected chi connectivity index (χ1v) is 11.4. The summed E-state index contributed by atoms with van der Waals surface area (Å²) in [4.78, 5) is 11.6. The SMILES string of the molecule is Fc1cccc(C2CCCN2c2ccc3ncc(-c4cccc(NC5CCC5)n4)n3n2)c1. The predicted molar refractivity (Wildman–Crippen MR) is 123 cm³/mol. The van der Waals surface area contributed by atoms with Crippen molar-refractivity contribution in [3.63, 3.8) is 0 Å². The van der Waals surface area contributed by atoms with Crippen molar-refractivity contribution in [2.24, 2.45) is 0 Å². The molecule has 0 amide bonds. The van der Waals surface area contributed by atoms with Crippen molar-refractivity contribution in [2.45, 2.75) is 44.2 Å². The second-order valence-electron chi connectivity index (χ2n) is 8.69. The summed E-state index contributed by atoms with van der Waals surface area (Å²) in [6, 6.07) is 17.6. The third kappa shape index (κ3) is 3.47. The van der Waals surface area contributed by atoms with Crippen molar-refractivity contribution < 1.29 is 4.39 Å². The van der Waals surface area contributed by atoms with Crippen LogP contribution in [0.1, 0.15) is 43.7 Å². The van der Waals surface area contributed by atoms with Gasteiger partial charge in [0.15, 0.2) is 5.65 Å². The van der Waals surface area contributed by atoms with Crippen molar-refractivity contribution in [3.05, 3.63) is 72.2 Å². The average molecular weight is 429 g/mol. The van der Waals surface area contributed by atoms with Crippen molar-refractivity contribution in [2.75, 3.05) is 16.8 Å². The largest absolute Gasteiger partial charge is 0.367 e. The zero-order valence-corrected chi connectivity index (χ0v) is 17.8. The Balaban J connectivity index is 1.34. The van der Waals surface area contributed by atoms with E-state index in [0.29, 0.717) is 6.04 Å². The lowest BCUT2D eigenvalue weighted by Gasteiger charge is -2.27. The van der Waals surface area contributed by atoms with E-state index in [2.05, 4.69) is 15.2 Å². The highest BCUT2D eigenvalue weighted by atomic mass is 19.1. The maximum absolute atomic E-state index is 13.8. The molecule has 0 radical (unpaired) electrons. The molecule has 1 N–H and O–H groups in total. The summed E-state index contributed by atoms with van der Waals surface area (Å²) in [6.07, 6.45) is 7.55. The number of aromatic nitrogens is 4. The van der Waals surface area contributed by atoms with Crippen molar-refractivity contribution in [3.8, 4) is 11.4 Å². The zero-order valence-electron chi connectivity index (χ0n) is 17.8. The molecule has 6 nitrogen and oxygen atoms in total. The molecule has 4 aromatic rings. The number of halogens is 1. The summed E-state index contributed by atoms with van der Waals surface area (Å²) in [7, 11) is 0. The van der Waals surface area contributed by atoms with E-state index in [1.807, 2.05) is 47.1 Å². The van der Waals surface area contributed by atoms with Gasteiger partial charge in [-0.3, -0.25) is 0 Å². The second-order valence-corrected chi connectivity index (χ2v) is 8.69. The van der Waals surface area contributed by atoms with Gasteiger partial charge in [0.25, 0.3) is 0 Å². The molecule has 1 saturated carbocycles. The van der Waals surface area contributed by atoms with E-state index in [1.165, 1.54) is 25.3 Å². The number of rotatable bonds is 5. The number of imidazole rings is 1. The molecule has 32 heavy (non-hydrogen) atoms. The highest BCUT2D eigenvalue weighted by Gasteiger charge is 2.28. The molecule has 1 unspecified atom stereocenters. The Morgan fingerprint density at radius 1 is 0.969 bits per heavy atom. The molecule has 3 aromatic heterocycles. The maximum atomic E-state index is 13.8. The lowest BCUT2D eigenvalue weighted by atomic mass is 9.93. The summed E-state index contributed by atoms with van der Waals surface area (Å²) in [5, 5.41) is 8.45. The highest BCUT2D eigenvalue weighted by molar-refractivity contribution is 5.62. The van der Waals surface area contributed by atoms with Gasteiger partial charge in [0.2, 0.25) is 0 Å². The molecule has 7 heteroatoms.